The molecule has 0 N–H and O–H groups in total. The molecule has 4 aliphatic heterocycles. The van der Waals surface area contributed by atoms with E-state index in [-0.39, 0.29) is 29.7 Å². The summed E-state index contributed by atoms with van der Waals surface area (Å²) in [6, 6.07) is 9.26. The SMILES string of the molecule is CC12OC(C)([C@@H]3O[C@@H]31)[C@H]1C(=O)N(c3cnc(C#N)c4ccccc34)C(=O)[C@H]12. The monoisotopic (exact) mass is 361 g/mol. The van der Waals surface area contributed by atoms with Crippen LogP contribution in [-0.4, -0.2) is 40.2 Å². The van der Waals surface area contributed by atoms with Crippen LogP contribution >= 0.6 is 0 Å². The summed E-state index contributed by atoms with van der Waals surface area (Å²) in [6.07, 6.45) is 1.19. The highest BCUT2D eigenvalue weighted by atomic mass is 16.7. The summed E-state index contributed by atoms with van der Waals surface area (Å²) in [6.45, 7) is 3.74. The second-order valence-corrected chi connectivity index (χ2v) is 8.06. The molecule has 7 nitrogen and oxygen atoms in total. The number of fused-ring (bicyclic) bond motifs is 9. The fourth-order valence-electron chi connectivity index (χ4n) is 5.56. The Hall–Kier alpha value is -2.82. The summed E-state index contributed by atoms with van der Waals surface area (Å²) < 4.78 is 11.9. The lowest BCUT2D eigenvalue weighted by Gasteiger charge is -2.28. The van der Waals surface area contributed by atoms with Gasteiger partial charge in [-0.1, -0.05) is 24.3 Å². The van der Waals surface area contributed by atoms with Crippen LogP contribution in [0.1, 0.15) is 19.5 Å². The lowest BCUT2D eigenvalue weighted by atomic mass is 9.69. The summed E-state index contributed by atoms with van der Waals surface area (Å²) in [4.78, 5) is 32.2. The number of ether oxygens (including phenoxy) is 2. The Bertz CT molecular complexity index is 1090. The summed E-state index contributed by atoms with van der Waals surface area (Å²) in [5.41, 5.74) is -0.858. The Morgan fingerprint density at radius 2 is 1.67 bits per heavy atom. The van der Waals surface area contributed by atoms with Gasteiger partial charge in [0, 0.05) is 10.8 Å². The van der Waals surface area contributed by atoms with Crippen LogP contribution in [0, 0.1) is 23.2 Å². The van der Waals surface area contributed by atoms with Gasteiger partial charge in [0.15, 0.2) is 0 Å². The number of rotatable bonds is 1. The molecule has 0 radical (unpaired) electrons. The number of amides is 2. The van der Waals surface area contributed by atoms with E-state index >= 15 is 0 Å². The van der Waals surface area contributed by atoms with E-state index in [4.69, 9.17) is 9.47 Å². The molecule has 0 saturated carbocycles. The van der Waals surface area contributed by atoms with Crippen molar-refractivity contribution in [2.75, 3.05) is 4.90 Å². The number of nitrogens with zero attached hydrogens (tertiary/aromatic N) is 3. The van der Waals surface area contributed by atoms with Gasteiger partial charge in [-0.2, -0.15) is 5.26 Å². The highest BCUT2D eigenvalue weighted by Gasteiger charge is 2.85. The number of hydrogen-bond donors (Lipinski definition) is 0. The summed E-state index contributed by atoms with van der Waals surface area (Å²) >= 11 is 0. The van der Waals surface area contributed by atoms with Crippen molar-refractivity contribution in [3.05, 3.63) is 36.2 Å². The van der Waals surface area contributed by atoms with Crippen LogP contribution in [0.2, 0.25) is 0 Å². The van der Waals surface area contributed by atoms with Gasteiger partial charge in [0.2, 0.25) is 11.8 Å². The van der Waals surface area contributed by atoms with E-state index in [0.29, 0.717) is 16.5 Å². The van der Waals surface area contributed by atoms with Gasteiger partial charge in [-0.05, 0) is 13.8 Å². The molecule has 0 aliphatic carbocycles. The second kappa shape index (κ2) is 4.35. The minimum atomic E-state index is -0.776. The standard InChI is InChI=1S/C20H15N3O4/c1-19-13-14(20(2,27-19)16-15(19)26-16)18(25)23(17(13)24)12-8-22-11(7-21)9-5-3-4-6-10(9)12/h3-6,8,13-16H,1-2H3/t13-,14+,15-,16+,19?,20?. The first-order valence-corrected chi connectivity index (χ1v) is 8.93. The van der Waals surface area contributed by atoms with Crippen molar-refractivity contribution in [3.63, 3.8) is 0 Å². The van der Waals surface area contributed by atoms with Crippen molar-refractivity contribution in [1.29, 1.82) is 5.26 Å². The molecule has 2 aromatic rings. The number of benzene rings is 1. The summed E-state index contributed by atoms with van der Waals surface area (Å²) in [7, 11) is 0. The zero-order valence-corrected chi connectivity index (χ0v) is 14.7. The van der Waals surface area contributed by atoms with Gasteiger partial charge in [-0.25, -0.2) is 9.88 Å². The van der Waals surface area contributed by atoms with Crippen molar-refractivity contribution in [2.45, 2.75) is 37.3 Å². The molecule has 4 aliphatic rings. The molecule has 1 aromatic carbocycles. The van der Waals surface area contributed by atoms with Crippen molar-refractivity contribution in [3.8, 4) is 6.07 Å². The highest BCUT2D eigenvalue weighted by molar-refractivity contribution is 6.26. The topological polar surface area (TPSA) is 95.8 Å². The molecule has 1 aromatic heterocycles. The van der Waals surface area contributed by atoms with Gasteiger partial charge < -0.3 is 9.47 Å². The molecule has 134 valence electrons. The maximum absolute atomic E-state index is 13.4. The van der Waals surface area contributed by atoms with Crippen molar-refractivity contribution in [2.24, 2.45) is 11.8 Å². The molecule has 2 unspecified atom stereocenters. The third kappa shape index (κ3) is 1.50. The third-order valence-corrected chi connectivity index (χ3v) is 6.72. The van der Waals surface area contributed by atoms with Gasteiger partial charge in [0.25, 0.3) is 0 Å². The fraction of sp³-hybridized carbons (Fsp3) is 0.400. The lowest BCUT2D eigenvalue weighted by molar-refractivity contribution is -0.139. The molecule has 4 saturated heterocycles. The first kappa shape index (κ1) is 15.3. The predicted molar refractivity (Wildman–Crippen MR) is 92.5 cm³/mol. The molecule has 27 heavy (non-hydrogen) atoms. The maximum atomic E-state index is 13.4. The number of imide groups is 1. The zero-order valence-electron chi connectivity index (χ0n) is 14.7. The first-order chi connectivity index (χ1) is 12.9. The molecule has 0 spiro atoms. The number of pyridine rings is 1. The van der Waals surface area contributed by atoms with E-state index in [0.717, 1.165) is 0 Å². The van der Waals surface area contributed by atoms with Gasteiger partial charge >= 0.3 is 0 Å². The Labute approximate surface area is 154 Å². The fourth-order valence-corrected chi connectivity index (χ4v) is 5.56. The first-order valence-electron chi connectivity index (χ1n) is 8.93. The van der Waals surface area contributed by atoms with Crippen molar-refractivity contribution in [1.82, 2.24) is 4.98 Å². The number of nitriles is 1. The van der Waals surface area contributed by atoms with E-state index in [9.17, 15) is 14.9 Å². The third-order valence-electron chi connectivity index (χ3n) is 6.72. The average Bonchev–Trinajstić information content (AvgIpc) is 3.33. The van der Waals surface area contributed by atoms with Crippen LogP contribution in [0.25, 0.3) is 10.8 Å². The number of carbonyl (C=O) groups is 2. The van der Waals surface area contributed by atoms with E-state index in [1.165, 1.54) is 11.1 Å². The van der Waals surface area contributed by atoms with Gasteiger partial charge in [-0.15, -0.1) is 0 Å². The minimum absolute atomic E-state index is 0.128. The molecule has 2 bridgehead atoms. The molecular formula is C20H15N3O4. The molecular weight excluding hydrogens is 346 g/mol. The van der Waals surface area contributed by atoms with Crippen molar-refractivity contribution < 1.29 is 19.1 Å². The van der Waals surface area contributed by atoms with Crippen molar-refractivity contribution >= 4 is 28.3 Å². The average molecular weight is 361 g/mol. The molecule has 7 heteroatoms. The number of carbonyl (C=O) groups excluding carboxylic acids is 2. The van der Waals surface area contributed by atoms with Crippen LogP contribution in [0.5, 0.6) is 0 Å². The minimum Gasteiger partial charge on any atom is -0.363 e. The van der Waals surface area contributed by atoms with Crippen LogP contribution in [0.4, 0.5) is 5.69 Å². The van der Waals surface area contributed by atoms with Crippen LogP contribution in [0.3, 0.4) is 0 Å². The quantitative estimate of drug-likeness (QED) is 0.565. The molecule has 2 amide bonds. The number of aromatic nitrogens is 1. The lowest BCUT2D eigenvalue weighted by Crippen LogP contribution is -2.45. The smallest absolute Gasteiger partial charge is 0.240 e. The highest BCUT2D eigenvalue weighted by Crippen LogP contribution is 2.68. The molecule has 6 rings (SSSR count). The maximum Gasteiger partial charge on any atom is 0.240 e. The van der Waals surface area contributed by atoms with E-state index in [2.05, 4.69) is 11.1 Å². The van der Waals surface area contributed by atoms with Gasteiger partial charge in [0.1, 0.15) is 35.2 Å². The Kier molecular flexibility index (Phi) is 2.46. The zero-order chi connectivity index (χ0) is 18.7. The largest absolute Gasteiger partial charge is 0.363 e. The van der Waals surface area contributed by atoms with E-state index in [1.54, 1.807) is 18.2 Å². The van der Waals surface area contributed by atoms with Crippen LogP contribution in [-0.2, 0) is 19.1 Å². The van der Waals surface area contributed by atoms with E-state index in [1.807, 2.05) is 19.9 Å². The summed E-state index contributed by atoms with van der Waals surface area (Å²) in [5.74, 6) is -1.68. The number of hydrogen-bond acceptors (Lipinski definition) is 6. The summed E-state index contributed by atoms with van der Waals surface area (Å²) in [5, 5.41) is 10.6. The van der Waals surface area contributed by atoms with E-state index < -0.39 is 23.0 Å². The second-order valence-electron chi connectivity index (χ2n) is 8.06. The Balaban J connectivity index is 1.54. The predicted octanol–water partition coefficient (Wildman–Crippen LogP) is 1.54. The normalized spacial score (nSPS) is 41.0. The van der Waals surface area contributed by atoms with Crippen LogP contribution < -0.4 is 4.90 Å². The Morgan fingerprint density at radius 3 is 2.26 bits per heavy atom. The van der Waals surface area contributed by atoms with Gasteiger partial charge in [0.05, 0.1) is 23.7 Å². The molecule has 6 atom stereocenters. The number of anilines is 1. The van der Waals surface area contributed by atoms with Crippen LogP contribution in [0.15, 0.2) is 30.5 Å². The molecule has 4 fully saturated rings. The molecule has 5 heterocycles. The number of epoxide rings is 1. The Morgan fingerprint density at radius 1 is 1.07 bits per heavy atom. The van der Waals surface area contributed by atoms with Gasteiger partial charge in [-0.3, -0.25) is 9.59 Å².